The van der Waals surface area contributed by atoms with E-state index >= 15 is 0 Å². The first-order valence-electron chi connectivity index (χ1n) is 11.3. The molecule has 162 valence electrons. The summed E-state index contributed by atoms with van der Waals surface area (Å²) in [5.74, 6) is 0.174. The van der Waals surface area contributed by atoms with Crippen LogP contribution < -0.4 is 0 Å². The van der Waals surface area contributed by atoms with Gasteiger partial charge in [-0.15, -0.1) is 0 Å². The molecule has 33 heavy (non-hydrogen) atoms. The summed E-state index contributed by atoms with van der Waals surface area (Å²) >= 11 is 0. The number of benzene rings is 2. The maximum atomic E-state index is 14.7. The molecule has 3 aromatic heterocycles. The highest BCUT2D eigenvalue weighted by Crippen LogP contribution is 2.39. The van der Waals surface area contributed by atoms with Gasteiger partial charge < -0.3 is 4.57 Å². The van der Waals surface area contributed by atoms with Crippen LogP contribution in [0.3, 0.4) is 0 Å². The average molecular weight is 436 g/mol. The molecule has 0 radical (unpaired) electrons. The highest BCUT2D eigenvalue weighted by atomic mass is 19.1. The van der Waals surface area contributed by atoms with E-state index in [0.717, 1.165) is 45.2 Å². The number of H-pyrrole nitrogens is 1. The van der Waals surface area contributed by atoms with Gasteiger partial charge >= 0.3 is 0 Å². The topological polar surface area (TPSA) is 70.3 Å². The van der Waals surface area contributed by atoms with E-state index in [4.69, 9.17) is 4.98 Å². The predicted octanol–water partition coefficient (Wildman–Crippen LogP) is 6.45. The van der Waals surface area contributed by atoms with Crippen LogP contribution in [0.5, 0.6) is 0 Å². The Morgan fingerprint density at radius 3 is 2.73 bits per heavy atom. The maximum Gasteiger partial charge on any atom is 0.141 e. The number of nitrogens with zero attached hydrogens (tertiary/aromatic N) is 4. The number of rotatable bonds is 4. The zero-order valence-electron chi connectivity index (χ0n) is 18.1. The summed E-state index contributed by atoms with van der Waals surface area (Å²) in [6.45, 7) is 0.979. The Hall–Kier alpha value is -3.98. The fourth-order valence-corrected chi connectivity index (χ4v) is 5.15. The van der Waals surface area contributed by atoms with Crippen LogP contribution in [0.1, 0.15) is 31.2 Å². The molecule has 0 unspecified atom stereocenters. The minimum Gasteiger partial charge on any atom is -0.346 e. The number of fused-ring (bicyclic) bond motifs is 2. The van der Waals surface area contributed by atoms with E-state index in [-0.39, 0.29) is 5.56 Å². The first-order valence-corrected chi connectivity index (χ1v) is 11.3. The molecule has 6 rings (SSSR count). The van der Waals surface area contributed by atoms with E-state index in [9.17, 15) is 9.65 Å². The van der Waals surface area contributed by atoms with Crippen molar-refractivity contribution in [3.8, 4) is 28.5 Å². The van der Waals surface area contributed by atoms with E-state index in [1.807, 2.05) is 36.5 Å². The molecule has 0 atom stereocenters. The molecule has 0 saturated heterocycles. The first kappa shape index (κ1) is 19.7. The molecule has 1 fully saturated rings. The lowest BCUT2D eigenvalue weighted by Crippen LogP contribution is -2.06. The second-order valence-corrected chi connectivity index (χ2v) is 8.88. The van der Waals surface area contributed by atoms with Crippen LogP contribution >= 0.6 is 0 Å². The van der Waals surface area contributed by atoms with E-state index in [0.29, 0.717) is 11.5 Å². The van der Waals surface area contributed by atoms with Gasteiger partial charge in [0.15, 0.2) is 0 Å². The maximum absolute atomic E-state index is 14.7. The highest BCUT2D eigenvalue weighted by molar-refractivity contribution is 6.02. The Balaban J connectivity index is 1.57. The second kappa shape index (κ2) is 7.86. The van der Waals surface area contributed by atoms with Crippen molar-refractivity contribution < 1.29 is 4.39 Å². The summed E-state index contributed by atoms with van der Waals surface area (Å²) < 4.78 is 16.9. The smallest absolute Gasteiger partial charge is 0.141 e. The van der Waals surface area contributed by atoms with Gasteiger partial charge in [0.05, 0.1) is 34.7 Å². The number of hydrogen-bond acceptors (Lipinski definition) is 3. The molecule has 6 heteroatoms. The third kappa shape index (κ3) is 3.37. The molecule has 0 aliphatic heterocycles. The lowest BCUT2D eigenvalue weighted by molar-refractivity contribution is 0.466. The van der Waals surface area contributed by atoms with Crippen molar-refractivity contribution in [1.82, 2.24) is 19.7 Å². The lowest BCUT2D eigenvalue weighted by atomic mass is 9.95. The van der Waals surface area contributed by atoms with Gasteiger partial charge in [0.25, 0.3) is 0 Å². The quantitative estimate of drug-likeness (QED) is 0.353. The van der Waals surface area contributed by atoms with Gasteiger partial charge in [-0.3, -0.25) is 10.1 Å². The van der Waals surface area contributed by atoms with Gasteiger partial charge in [-0.1, -0.05) is 25.0 Å². The van der Waals surface area contributed by atoms with Crippen molar-refractivity contribution in [3.63, 3.8) is 0 Å². The van der Waals surface area contributed by atoms with Crippen molar-refractivity contribution in [2.45, 2.75) is 32.2 Å². The van der Waals surface area contributed by atoms with Crippen molar-refractivity contribution in [1.29, 1.82) is 5.26 Å². The largest absolute Gasteiger partial charge is 0.346 e. The summed E-state index contributed by atoms with van der Waals surface area (Å²) in [5.41, 5.74) is 5.36. The van der Waals surface area contributed by atoms with Gasteiger partial charge in [0, 0.05) is 34.6 Å². The standard InChI is InChI=1S/C27H22FN5/c28-23-12-18(5-6-20(23)13-29)26-22-9-10-33(16-17-3-1-2-4-17)25(22)15-30-27(26)19-7-8-24-21(11-19)14-31-32-24/h5-12,14-15,17H,1-4,16H2,(H,31,32). The molecule has 0 amide bonds. The van der Waals surface area contributed by atoms with E-state index in [1.165, 1.54) is 31.7 Å². The number of pyridine rings is 1. The minimum atomic E-state index is -0.520. The van der Waals surface area contributed by atoms with Gasteiger partial charge in [-0.05, 0) is 54.7 Å². The number of nitrogens with one attached hydrogen (secondary N) is 1. The summed E-state index contributed by atoms with van der Waals surface area (Å²) in [4.78, 5) is 4.89. The van der Waals surface area contributed by atoms with Gasteiger partial charge in [0.1, 0.15) is 11.9 Å². The van der Waals surface area contributed by atoms with Crippen LogP contribution in [-0.4, -0.2) is 19.7 Å². The van der Waals surface area contributed by atoms with Crippen LogP contribution in [0.2, 0.25) is 0 Å². The fourth-order valence-electron chi connectivity index (χ4n) is 5.15. The minimum absolute atomic E-state index is 0.0408. The SMILES string of the molecule is N#Cc1ccc(-c2c(-c3ccc4[nH]ncc4c3)ncc3c2ccn3CC2CCCC2)cc1F. The number of hydrogen-bond donors (Lipinski definition) is 1. The first-order chi connectivity index (χ1) is 16.2. The summed E-state index contributed by atoms with van der Waals surface area (Å²) in [7, 11) is 0. The van der Waals surface area contributed by atoms with Gasteiger partial charge in [0.2, 0.25) is 0 Å². The van der Waals surface area contributed by atoms with E-state index in [1.54, 1.807) is 12.3 Å². The van der Waals surface area contributed by atoms with Gasteiger partial charge in [-0.25, -0.2) is 4.39 Å². The zero-order valence-corrected chi connectivity index (χ0v) is 18.1. The van der Waals surface area contributed by atoms with Crippen LogP contribution in [0, 0.1) is 23.1 Å². The van der Waals surface area contributed by atoms with Crippen molar-refractivity contribution in [2.75, 3.05) is 0 Å². The number of aromatic nitrogens is 4. The zero-order chi connectivity index (χ0) is 22.4. The molecule has 3 heterocycles. The van der Waals surface area contributed by atoms with Crippen molar-refractivity contribution in [3.05, 3.63) is 72.4 Å². The summed E-state index contributed by atoms with van der Waals surface area (Å²) in [5, 5.41) is 18.3. The Morgan fingerprint density at radius 1 is 1.06 bits per heavy atom. The number of halogens is 1. The molecule has 5 aromatic rings. The molecular formula is C27H22FN5. The number of aromatic amines is 1. The van der Waals surface area contributed by atoms with E-state index in [2.05, 4.69) is 27.0 Å². The second-order valence-electron chi connectivity index (χ2n) is 8.88. The van der Waals surface area contributed by atoms with Crippen LogP contribution in [-0.2, 0) is 6.54 Å². The third-order valence-electron chi connectivity index (χ3n) is 6.85. The normalized spacial score (nSPS) is 14.3. The molecule has 2 aromatic carbocycles. The van der Waals surface area contributed by atoms with Crippen molar-refractivity contribution in [2.24, 2.45) is 5.92 Å². The molecule has 5 nitrogen and oxygen atoms in total. The van der Waals surface area contributed by atoms with Crippen LogP contribution in [0.15, 0.2) is 61.1 Å². The molecule has 1 aliphatic rings. The molecule has 1 aliphatic carbocycles. The fraction of sp³-hybridized carbons (Fsp3) is 0.222. The summed E-state index contributed by atoms with van der Waals surface area (Å²) in [6.07, 6.45) is 11.0. The average Bonchev–Trinajstić information content (AvgIpc) is 3.60. The highest BCUT2D eigenvalue weighted by Gasteiger charge is 2.20. The molecule has 0 spiro atoms. The summed E-state index contributed by atoms with van der Waals surface area (Å²) in [6, 6.07) is 14.9. The third-order valence-corrected chi connectivity index (χ3v) is 6.85. The Bertz CT molecular complexity index is 1530. The number of nitriles is 1. The van der Waals surface area contributed by atoms with Crippen LogP contribution in [0.4, 0.5) is 4.39 Å². The molecule has 0 bridgehead atoms. The Morgan fingerprint density at radius 2 is 1.91 bits per heavy atom. The van der Waals surface area contributed by atoms with Gasteiger partial charge in [-0.2, -0.15) is 10.4 Å². The monoisotopic (exact) mass is 435 g/mol. The van der Waals surface area contributed by atoms with Crippen LogP contribution in [0.25, 0.3) is 44.2 Å². The molecule has 1 N–H and O–H groups in total. The molecular weight excluding hydrogens is 413 g/mol. The van der Waals surface area contributed by atoms with E-state index < -0.39 is 5.82 Å². The molecule has 1 saturated carbocycles. The Labute approximate surface area is 190 Å². The van der Waals surface area contributed by atoms with Crippen molar-refractivity contribution >= 4 is 21.8 Å². The Kier molecular flexibility index (Phi) is 4.69. The predicted molar refractivity (Wildman–Crippen MR) is 127 cm³/mol. The lowest BCUT2D eigenvalue weighted by Gasteiger charge is -2.15.